The zero-order valence-corrected chi connectivity index (χ0v) is 20.3. The number of rotatable bonds is 15. The van der Waals surface area contributed by atoms with Crippen LogP contribution in [0.5, 0.6) is 0 Å². The first kappa shape index (κ1) is 25.1. The van der Waals surface area contributed by atoms with E-state index in [0.29, 0.717) is 16.3 Å². The average Bonchev–Trinajstić information content (AvgIpc) is 3.09. The first-order chi connectivity index (χ1) is 14.3. The van der Waals surface area contributed by atoms with Crippen LogP contribution in [0, 0.1) is 0 Å². The molecule has 1 heterocycles. The van der Waals surface area contributed by atoms with Crippen molar-refractivity contribution in [3.8, 4) is 0 Å². The summed E-state index contributed by atoms with van der Waals surface area (Å²) in [7, 11) is -3.28. The van der Waals surface area contributed by atoms with Gasteiger partial charge in [-0.05, 0) is 24.6 Å². The summed E-state index contributed by atoms with van der Waals surface area (Å²) < 4.78 is 24.8. The molecule has 0 amide bonds. The summed E-state index contributed by atoms with van der Waals surface area (Å²) in [5, 5.41) is 10.9. The lowest BCUT2D eigenvalue weighted by Crippen LogP contribution is -2.33. The van der Waals surface area contributed by atoms with Crippen LogP contribution in [-0.4, -0.2) is 30.9 Å². The van der Waals surface area contributed by atoms with Gasteiger partial charge >= 0.3 is 0 Å². The van der Waals surface area contributed by atoms with Gasteiger partial charge in [-0.15, -0.1) is 11.3 Å². The van der Waals surface area contributed by atoms with Gasteiger partial charge in [-0.2, -0.15) is 0 Å². The zero-order valence-electron chi connectivity index (χ0n) is 17.9. The van der Waals surface area contributed by atoms with Crippen LogP contribution in [0.15, 0.2) is 27.4 Å². The molecule has 0 saturated heterocycles. The molecule has 0 fully saturated rings. The van der Waals surface area contributed by atoms with E-state index in [0.717, 1.165) is 24.0 Å². The fourth-order valence-corrected chi connectivity index (χ4v) is 6.37. The number of benzene rings is 1. The summed E-state index contributed by atoms with van der Waals surface area (Å²) in [5.74, 6) is -1.06. The smallest absolute Gasteiger partial charge is 0.175 e. The van der Waals surface area contributed by atoms with E-state index in [-0.39, 0.29) is 4.90 Å². The van der Waals surface area contributed by atoms with E-state index < -0.39 is 21.1 Å². The van der Waals surface area contributed by atoms with Crippen molar-refractivity contribution in [1.82, 2.24) is 4.98 Å². The topological polar surface area (TPSA) is 87.2 Å². The minimum Gasteiger partial charge on any atom is -0.549 e. The Balaban J connectivity index is 1.78. The summed E-state index contributed by atoms with van der Waals surface area (Å²) in [6.45, 7) is 2.23. The molecule has 168 valence electrons. The number of sulfone groups is 1. The van der Waals surface area contributed by atoms with E-state index in [1.165, 1.54) is 80.4 Å². The van der Waals surface area contributed by atoms with Crippen molar-refractivity contribution >= 4 is 49.1 Å². The molecular formula is C22H32NO4S3-. The maximum atomic E-state index is 11.7. The van der Waals surface area contributed by atoms with Crippen molar-refractivity contribution in [2.24, 2.45) is 0 Å². The van der Waals surface area contributed by atoms with Crippen LogP contribution in [0.4, 0.5) is 0 Å². The molecule has 0 N–H and O–H groups in total. The minimum atomic E-state index is -3.28. The van der Waals surface area contributed by atoms with Crippen LogP contribution in [-0.2, 0) is 14.6 Å². The maximum Gasteiger partial charge on any atom is 0.175 e. The number of nitrogens with zero attached hydrogens (tertiary/aromatic N) is 1. The molecule has 8 heteroatoms. The molecular weight excluding hydrogens is 438 g/mol. The van der Waals surface area contributed by atoms with Crippen LogP contribution >= 0.6 is 23.1 Å². The molecule has 30 heavy (non-hydrogen) atoms. The largest absolute Gasteiger partial charge is 0.549 e. The number of hydrogen-bond acceptors (Lipinski definition) is 7. The third-order valence-electron chi connectivity index (χ3n) is 5.09. The molecule has 0 spiro atoms. The first-order valence-electron chi connectivity index (χ1n) is 10.8. The summed E-state index contributed by atoms with van der Waals surface area (Å²) in [4.78, 5) is 16.3. The summed E-state index contributed by atoms with van der Waals surface area (Å²) >= 11 is 2.54. The number of aromatic nitrogens is 1. The highest BCUT2D eigenvalue weighted by Gasteiger charge is 2.16. The van der Waals surface area contributed by atoms with E-state index in [1.54, 1.807) is 12.1 Å². The molecule has 1 atom stereocenters. The van der Waals surface area contributed by atoms with Crippen molar-refractivity contribution in [3.63, 3.8) is 0 Å². The highest BCUT2D eigenvalue weighted by Crippen LogP contribution is 2.34. The number of carboxylic acid groups (broad SMARTS) is 1. The van der Waals surface area contributed by atoms with Gasteiger partial charge in [-0.1, -0.05) is 82.9 Å². The number of thioether (sulfide) groups is 1. The lowest BCUT2D eigenvalue weighted by atomic mass is 10.1. The molecule has 2 aromatic rings. The Labute approximate surface area is 188 Å². The second-order valence-corrected chi connectivity index (χ2v) is 12.3. The molecule has 1 aromatic carbocycles. The first-order valence-corrected chi connectivity index (χ1v) is 14.4. The highest BCUT2D eigenvalue weighted by atomic mass is 32.2. The van der Waals surface area contributed by atoms with E-state index in [1.807, 2.05) is 0 Å². The van der Waals surface area contributed by atoms with Crippen LogP contribution in [0.2, 0.25) is 0 Å². The van der Waals surface area contributed by atoms with Gasteiger partial charge in [0.25, 0.3) is 0 Å². The van der Waals surface area contributed by atoms with Crippen molar-refractivity contribution in [3.05, 3.63) is 18.2 Å². The quantitative estimate of drug-likeness (QED) is 0.262. The van der Waals surface area contributed by atoms with Crippen molar-refractivity contribution in [2.75, 3.05) is 6.26 Å². The van der Waals surface area contributed by atoms with E-state index >= 15 is 0 Å². The molecule has 0 radical (unpaired) electrons. The molecule has 2 rings (SSSR count). The maximum absolute atomic E-state index is 11.7. The monoisotopic (exact) mass is 470 g/mol. The number of aliphatic carboxylic acids is 1. The second kappa shape index (κ2) is 12.7. The Hall–Kier alpha value is -1.12. The summed E-state index contributed by atoms with van der Waals surface area (Å²) in [5.41, 5.74) is 0.686. The lowest BCUT2D eigenvalue weighted by Gasteiger charge is -2.15. The van der Waals surface area contributed by atoms with Crippen molar-refractivity contribution < 1.29 is 18.3 Å². The van der Waals surface area contributed by atoms with Gasteiger partial charge in [0.2, 0.25) is 0 Å². The Kier molecular flexibility index (Phi) is 10.6. The van der Waals surface area contributed by atoms with Crippen LogP contribution in [0.3, 0.4) is 0 Å². The number of carbonyl (C=O) groups is 1. The minimum absolute atomic E-state index is 0.247. The van der Waals surface area contributed by atoms with Gasteiger partial charge < -0.3 is 9.90 Å². The molecule has 0 bridgehead atoms. The third-order valence-corrected chi connectivity index (χ3v) is 8.56. The number of thiazole rings is 1. The van der Waals surface area contributed by atoms with Crippen molar-refractivity contribution in [2.45, 2.75) is 92.0 Å². The fourth-order valence-electron chi connectivity index (χ4n) is 3.33. The lowest BCUT2D eigenvalue weighted by molar-refractivity contribution is -0.304. The predicted molar refractivity (Wildman–Crippen MR) is 124 cm³/mol. The zero-order chi connectivity index (χ0) is 22.0. The Bertz CT molecular complexity index is 908. The molecule has 5 nitrogen and oxygen atoms in total. The average molecular weight is 471 g/mol. The van der Waals surface area contributed by atoms with Crippen LogP contribution in [0.1, 0.15) is 77.6 Å². The van der Waals surface area contributed by atoms with Crippen molar-refractivity contribution in [1.29, 1.82) is 0 Å². The van der Waals surface area contributed by atoms with E-state index in [4.69, 9.17) is 0 Å². The second-order valence-electron chi connectivity index (χ2n) is 7.78. The van der Waals surface area contributed by atoms with Crippen LogP contribution in [0.25, 0.3) is 10.2 Å². The van der Waals surface area contributed by atoms with Gasteiger partial charge in [0.15, 0.2) is 14.2 Å². The molecule has 0 saturated carbocycles. The standard InChI is InChI=1S/C22H33NO4S3/c1-3-4-5-6-7-8-9-10-11-12-13-19(21(24)25)28-22-23-18-15-14-17(30(2,26)27)16-20(18)29-22/h14-16,19H,3-13H2,1-2H3,(H,24,25)/p-1. The molecule has 0 aliphatic rings. The van der Waals surface area contributed by atoms with E-state index in [9.17, 15) is 18.3 Å². The van der Waals surface area contributed by atoms with Crippen LogP contribution < -0.4 is 5.11 Å². The Morgan fingerprint density at radius 1 is 1.07 bits per heavy atom. The Morgan fingerprint density at radius 3 is 2.23 bits per heavy atom. The number of fused-ring (bicyclic) bond motifs is 1. The number of carboxylic acids is 1. The molecule has 0 aliphatic heterocycles. The third kappa shape index (κ3) is 8.55. The fraction of sp³-hybridized carbons (Fsp3) is 0.636. The van der Waals surface area contributed by atoms with Gasteiger partial charge in [0.05, 0.1) is 26.3 Å². The molecule has 1 aromatic heterocycles. The normalized spacial score (nSPS) is 13.0. The number of carbonyl (C=O) groups excluding carboxylic acids is 1. The molecule has 0 aliphatic carbocycles. The van der Waals surface area contributed by atoms with Gasteiger partial charge in [0.1, 0.15) is 0 Å². The Morgan fingerprint density at radius 2 is 1.67 bits per heavy atom. The highest BCUT2D eigenvalue weighted by molar-refractivity contribution is 8.02. The number of unbranched alkanes of at least 4 members (excludes halogenated alkanes) is 9. The van der Waals surface area contributed by atoms with Gasteiger partial charge in [-0.25, -0.2) is 13.4 Å². The molecule has 1 unspecified atom stereocenters. The van der Waals surface area contributed by atoms with Gasteiger partial charge in [-0.3, -0.25) is 0 Å². The SMILES string of the molecule is CCCCCCCCCCCCC(Sc1nc2ccc(S(C)(=O)=O)cc2s1)C(=O)[O-]. The summed E-state index contributed by atoms with van der Waals surface area (Å²) in [6, 6.07) is 4.80. The predicted octanol–water partition coefficient (Wildman–Crippen LogP) is 5.22. The van der Waals surface area contributed by atoms with Gasteiger partial charge in [0, 0.05) is 6.26 Å². The summed E-state index contributed by atoms with van der Waals surface area (Å²) in [6.07, 6.45) is 13.8. The number of hydrogen-bond donors (Lipinski definition) is 0. The van der Waals surface area contributed by atoms with E-state index in [2.05, 4.69) is 11.9 Å².